The molecule has 2 N–H and O–H groups in total. The number of carbonyl (C=O) groups excluding carboxylic acids is 1. The van der Waals surface area contributed by atoms with Crippen LogP contribution in [-0.4, -0.2) is 67.0 Å². The summed E-state index contributed by atoms with van der Waals surface area (Å²) in [6.45, 7) is 10.6. The van der Waals surface area contributed by atoms with E-state index >= 15 is 4.39 Å². The average Bonchev–Trinajstić information content (AvgIpc) is 3.15. The van der Waals surface area contributed by atoms with Crippen LogP contribution in [0.5, 0.6) is 17.2 Å². The lowest BCUT2D eigenvalue weighted by molar-refractivity contribution is -0.138. The summed E-state index contributed by atoms with van der Waals surface area (Å²) in [5, 5.41) is 17.9. The van der Waals surface area contributed by atoms with Crippen LogP contribution < -0.4 is 19.1 Å². The van der Waals surface area contributed by atoms with Crippen LogP contribution >= 0.6 is 0 Å². The van der Waals surface area contributed by atoms with Gasteiger partial charge in [-0.15, -0.1) is 0 Å². The number of rotatable bonds is 9. The Morgan fingerprint density at radius 1 is 1.18 bits per heavy atom. The maximum absolute atomic E-state index is 15.4. The second-order valence-electron chi connectivity index (χ2n) is 10.9. The van der Waals surface area contributed by atoms with Crippen molar-refractivity contribution in [3.8, 4) is 17.2 Å². The molecule has 0 saturated carbocycles. The highest BCUT2D eigenvalue weighted by Crippen LogP contribution is 2.43. The van der Waals surface area contributed by atoms with Gasteiger partial charge in [0.2, 0.25) is 0 Å². The molecule has 0 fully saturated rings. The molecule has 0 amide bonds. The number of aliphatic carboxylic acids is 1. The fourth-order valence-electron chi connectivity index (χ4n) is 5.07. The van der Waals surface area contributed by atoms with Crippen molar-refractivity contribution in [2.75, 3.05) is 38.3 Å². The van der Waals surface area contributed by atoms with Gasteiger partial charge in [-0.25, -0.2) is 4.39 Å². The number of benzene rings is 2. The molecule has 1 unspecified atom stereocenters. The second kappa shape index (κ2) is 10.7. The van der Waals surface area contributed by atoms with E-state index < -0.39 is 23.3 Å². The molecule has 0 aliphatic carbocycles. The lowest BCUT2D eigenvalue weighted by Crippen LogP contribution is -2.40. The number of ketones is 1. The minimum Gasteiger partial charge on any atom is -0.490 e. The molecule has 2 aliphatic rings. The molecule has 4 rings (SSSR count). The fraction of sp³-hybridized carbons (Fsp3) is 0.483. The first-order valence-electron chi connectivity index (χ1n) is 13.1. The Hall–Kier alpha value is -3.82. The summed E-state index contributed by atoms with van der Waals surface area (Å²) in [6.07, 6.45) is -0.637. The van der Waals surface area contributed by atoms with Crippen LogP contribution in [0, 0.1) is 11.2 Å². The molecule has 210 valence electrons. The minimum absolute atomic E-state index is 0.0234. The summed E-state index contributed by atoms with van der Waals surface area (Å²) in [7, 11) is 1.85. The number of nitrogens with one attached hydrogen (secondary N) is 1. The first-order chi connectivity index (χ1) is 18.3. The van der Waals surface area contributed by atoms with Crippen molar-refractivity contribution in [2.45, 2.75) is 59.1 Å². The number of anilines is 1. The third-order valence-corrected chi connectivity index (χ3v) is 6.88. The molecular weight excluding hydrogens is 505 g/mol. The minimum atomic E-state index is -0.937. The zero-order chi connectivity index (χ0) is 28.6. The molecule has 0 saturated heterocycles. The van der Waals surface area contributed by atoms with Crippen molar-refractivity contribution >= 4 is 23.3 Å². The highest BCUT2D eigenvalue weighted by Gasteiger charge is 2.35. The number of carbonyl (C=O) groups is 2. The van der Waals surface area contributed by atoms with E-state index in [-0.39, 0.29) is 54.8 Å². The van der Waals surface area contributed by atoms with Crippen LogP contribution in [0.1, 0.15) is 68.1 Å². The summed E-state index contributed by atoms with van der Waals surface area (Å²) in [5.74, 6) is -1.06. The number of likely N-dealkylation sites (N-methyl/N-ethyl adjacent to an activating group) is 1. The lowest BCUT2D eigenvalue weighted by atomic mass is 9.83. The zero-order valence-corrected chi connectivity index (χ0v) is 23.3. The van der Waals surface area contributed by atoms with Crippen LogP contribution in [0.2, 0.25) is 0 Å². The zero-order valence-electron chi connectivity index (χ0n) is 23.3. The molecule has 9 nitrogen and oxygen atoms in total. The maximum Gasteiger partial charge on any atom is 0.307 e. The van der Waals surface area contributed by atoms with Crippen molar-refractivity contribution in [1.82, 2.24) is 4.90 Å². The number of Topliss-reactive ketones (excluding diaryl/α,β-unsaturated/α-hetero) is 1. The van der Waals surface area contributed by atoms with Crippen molar-refractivity contribution in [3.63, 3.8) is 0 Å². The van der Waals surface area contributed by atoms with E-state index in [2.05, 4.69) is 0 Å². The summed E-state index contributed by atoms with van der Waals surface area (Å²) in [4.78, 5) is 28.3. The molecule has 2 aromatic carbocycles. The molecule has 1 atom stereocenters. The summed E-state index contributed by atoms with van der Waals surface area (Å²) in [5.41, 5.74) is 2.24. The van der Waals surface area contributed by atoms with Crippen LogP contribution in [-0.2, 0) is 16.8 Å². The van der Waals surface area contributed by atoms with E-state index in [4.69, 9.17) is 19.6 Å². The van der Waals surface area contributed by atoms with Crippen LogP contribution in [0.25, 0.3) is 0 Å². The first kappa shape index (κ1) is 28.2. The van der Waals surface area contributed by atoms with Crippen LogP contribution in [0.15, 0.2) is 18.2 Å². The quantitative estimate of drug-likeness (QED) is 0.443. The number of ether oxygens (including phenoxy) is 3. The van der Waals surface area contributed by atoms with Gasteiger partial charge in [-0.1, -0.05) is 20.8 Å². The van der Waals surface area contributed by atoms with E-state index in [1.165, 1.54) is 0 Å². The summed E-state index contributed by atoms with van der Waals surface area (Å²) < 4.78 is 32.6. The number of fused-ring (bicyclic) bond motifs is 2. The van der Waals surface area contributed by atoms with Gasteiger partial charge in [0.25, 0.3) is 0 Å². The molecule has 39 heavy (non-hydrogen) atoms. The monoisotopic (exact) mass is 541 g/mol. The second-order valence-corrected chi connectivity index (χ2v) is 10.9. The van der Waals surface area contributed by atoms with Gasteiger partial charge in [0.05, 0.1) is 44.0 Å². The third-order valence-electron chi connectivity index (χ3n) is 6.88. The Morgan fingerprint density at radius 3 is 2.49 bits per heavy atom. The Bertz CT molecular complexity index is 1320. The van der Waals surface area contributed by atoms with E-state index in [1.54, 1.807) is 36.9 Å². The van der Waals surface area contributed by atoms with Crippen molar-refractivity contribution < 1.29 is 33.3 Å². The number of hydrogen-bond acceptors (Lipinski definition) is 7. The molecular formula is C29H36FN3O6. The van der Waals surface area contributed by atoms with Gasteiger partial charge in [-0.3, -0.25) is 15.0 Å². The van der Waals surface area contributed by atoms with E-state index in [9.17, 15) is 14.7 Å². The van der Waals surface area contributed by atoms with Gasteiger partial charge in [0, 0.05) is 24.7 Å². The number of carboxylic acids is 1. The van der Waals surface area contributed by atoms with Crippen LogP contribution in [0.3, 0.4) is 0 Å². The molecule has 0 bridgehead atoms. The first-order valence-corrected chi connectivity index (χ1v) is 13.1. The topological polar surface area (TPSA) is 112 Å². The largest absolute Gasteiger partial charge is 0.490 e. The third kappa shape index (κ3) is 5.51. The normalized spacial score (nSPS) is 16.5. The molecule has 2 aromatic rings. The number of halogens is 1. The van der Waals surface area contributed by atoms with Crippen molar-refractivity contribution in [3.05, 3.63) is 46.3 Å². The number of amidine groups is 1. The molecule has 10 heteroatoms. The van der Waals surface area contributed by atoms with E-state index in [0.29, 0.717) is 35.7 Å². The number of hydrogen-bond donors (Lipinski definition) is 2. The molecule has 0 spiro atoms. The number of carboxylic acid groups (broad SMARTS) is 1. The smallest absolute Gasteiger partial charge is 0.307 e. The Kier molecular flexibility index (Phi) is 7.77. The molecule has 0 aromatic heterocycles. The molecule has 0 radical (unpaired) electrons. The van der Waals surface area contributed by atoms with Gasteiger partial charge in [-0.05, 0) is 43.0 Å². The summed E-state index contributed by atoms with van der Waals surface area (Å²) >= 11 is 0. The van der Waals surface area contributed by atoms with Gasteiger partial charge in [-0.2, -0.15) is 0 Å². The van der Waals surface area contributed by atoms with Gasteiger partial charge >= 0.3 is 5.97 Å². The molecule has 2 heterocycles. The standard InChI is InChI=1S/C29H36FN3O6/c1-7-37-22-11-17-13-33(28(31)24(17)25(30)27(22)38-8-2)15-21(34)16-9-19(29(3,4)5)26-20(10-16)32(6)14-18(39-26)12-23(35)36/h9-11,18,31H,7-8,12-15H2,1-6H3,(H,35,36). The van der Waals surface area contributed by atoms with Crippen molar-refractivity contribution in [2.24, 2.45) is 0 Å². The fourth-order valence-corrected chi connectivity index (χ4v) is 5.07. The lowest BCUT2D eigenvalue weighted by Gasteiger charge is -2.37. The van der Waals surface area contributed by atoms with Gasteiger partial charge < -0.3 is 29.1 Å². The Labute approximate surface area is 228 Å². The number of nitrogens with zero attached hydrogens (tertiary/aromatic N) is 2. The van der Waals surface area contributed by atoms with E-state index in [0.717, 1.165) is 5.56 Å². The average molecular weight is 542 g/mol. The summed E-state index contributed by atoms with van der Waals surface area (Å²) in [6, 6.07) is 5.21. The van der Waals surface area contributed by atoms with Gasteiger partial charge in [0.1, 0.15) is 17.7 Å². The highest BCUT2D eigenvalue weighted by atomic mass is 19.1. The SMILES string of the molecule is CCOc1cc2c(c(F)c1OCC)C(=N)N(CC(=O)c1cc3c(c(C(C)(C)C)c1)OC(CC(=O)O)CN3C)C2. The highest BCUT2D eigenvalue weighted by molar-refractivity contribution is 6.06. The molecule has 2 aliphatic heterocycles. The Morgan fingerprint density at radius 2 is 1.87 bits per heavy atom. The predicted molar refractivity (Wildman–Crippen MR) is 145 cm³/mol. The maximum atomic E-state index is 15.4. The Balaban J connectivity index is 1.64. The van der Waals surface area contributed by atoms with E-state index in [1.807, 2.05) is 32.7 Å². The van der Waals surface area contributed by atoms with Crippen LogP contribution in [0.4, 0.5) is 10.1 Å². The predicted octanol–water partition coefficient (Wildman–Crippen LogP) is 4.62. The van der Waals surface area contributed by atoms with Crippen molar-refractivity contribution in [1.29, 1.82) is 5.41 Å². The van der Waals surface area contributed by atoms with Gasteiger partial charge in [0.15, 0.2) is 23.1 Å².